The van der Waals surface area contributed by atoms with Crippen molar-refractivity contribution in [3.63, 3.8) is 0 Å². The van der Waals surface area contributed by atoms with E-state index >= 15 is 0 Å². The van der Waals surface area contributed by atoms with Crippen LogP contribution in [0.2, 0.25) is 0 Å². The maximum absolute atomic E-state index is 12.5. The number of alkyl halides is 3. The number of aryl methyl sites for hydroxylation is 1. The molecule has 6 heteroatoms. The smallest absolute Gasteiger partial charge is 0.313 e. The second-order valence-corrected chi connectivity index (χ2v) is 4.13. The van der Waals surface area contributed by atoms with Crippen LogP contribution in [0, 0.1) is 0 Å². The van der Waals surface area contributed by atoms with Crippen LogP contribution in [0.3, 0.4) is 0 Å². The third kappa shape index (κ3) is 3.73. The molecule has 1 aromatic rings. The SMILES string of the molecule is CCNCc1c(CC)nn(CC(F)(F)F)c1CC. The Morgan fingerprint density at radius 3 is 2.28 bits per heavy atom. The van der Waals surface area contributed by atoms with Gasteiger partial charge in [0.15, 0.2) is 0 Å². The summed E-state index contributed by atoms with van der Waals surface area (Å²) in [5.74, 6) is 0. The summed E-state index contributed by atoms with van der Waals surface area (Å²) in [5, 5.41) is 7.25. The molecule has 0 saturated heterocycles. The predicted octanol–water partition coefficient (Wildman–Crippen LogP) is 2.68. The van der Waals surface area contributed by atoms with Gasteiger partial charge in [-0.25, -0.2) is 0 Å². The number of hydrogen-bond donors (Lipinski definition) is 1. The van der Waals surface area contributed by atoms with E-state index in [9.17, 15) is 13.2 Å². The summed E-state index contributed by atoms with van der Waals surface area (Å²) in [7, 11) is 0. The molecule has 0 spiro atoms. The topological polar surface area (TPSA) is 29.9 Å². The average Bonchev–Trinajstić information content (AvgIpc) is 2.60. The van der Waals surface area contributed by atoms with Crippen molar-refractivity contribution in [1.82, 2.24) is 15.1 Å². The molecular weight excluding hydrogens is 243 g/mol. The van der Waals surface area contributed by atoms with Gasteiger partial charge in [0.25, 0.3) is 0 Å². The molecule has 0 fully saturated rings. The zero-order valence-corrected chi connectivity index (χ0v) is 11.1. The molecule has 0 bridgehead atoms. The quantitative estimate of drug-likeness (QED) is 0.855. The van der Waals surface area contributed by atoms with Crippen molar-refractivity contribution < 1.29 is 13.2 Å². The molecule has 0 aliphatic heterocycles. The van der Waals surface area contributed by atoms with Gasteiger partial charge in [-0.2, -0.15) is 18.3 Å². The monoisotopic (exact) mass is 263 g/mol. The van der Waals surface area contributed by atoms with Gasteiger partial charge in [0, 0.05) is 17.8 Å². The molecule has 0 aromatic carbocycles. The first kappa shape index (κ1) is 15.0. The first-order valence-electron chi connectivity index (χ1n) is 6.27. The number of halogens is 3. The number of nitrogens with zero attached hydrogens (tertiary/aromatic N) is 2. The van der Waals surface area contributed by atoms with E-state index in [-0.39, 0.29) is 0 Å². The zero-order chi connectivity index (χ0) is 13.8. The summed E-state index contributed by atoms with van der Waals surface area (Å²) in [4.78, 5) is 0. The molecule has 1 heterocycles. The van der Waals surface area contributed by atoms with Crippen LogP contribution in [0.15, 0.2) is 0 Å². The van der Waals surface area contributed by atoms with Crippen molar-refractivity contribution in [2.75, 3.05) is 6.54 Å². The van der Waals surface area contributed by atoms with Crippen LogP contribution in [0.25, 0.3) is 0 Å². The summed E-state index contributed by atoms with van der Waals surface area (Å²) < 4.78 is 38.5. The van der Waals surface area contributed by atoms with Crippen LogP contribution < -0.4 is 5.32 Å². The molecule has 18 heavy (non-hydrogen) atoms. The van der Waals surface area contributed by atoms with Crippen LogP contribution in [0.1, 0.15) is 37.7 Å². The minimum absolute atomic E-state index is 0.559. The normalized spacial score (nSPS) is 12.1. The lowest BCUT2D eigenvalue weighted by molar-refractivity contribution is -0.143. The summed E-state index contributed by atoms with van der Waals surface area (Å²) in [6.07, 6.45) is -3.02. The van der Waals surface area contributed by atoms with E-state index in [0.29, 0.717) is 25.1 Å². The van der Waals surface area contributed by atoms with Gasteiger partial charge in [-0.3, -0.25) is 4.68 Å². The van der Waals surface area contributed by atoms with Crippen LogP contribution in [-0.2, 0) is 25.9 Å². The Balaban J connectivity index is 3.07. The number of aromatic nitrogens is 2. The lowest BCUT2D eigenvalue weighted by Crippen LogP contribution is -2.21. The second-order valence-electron chi connectivity index (χ2n) is 4.13. The van der Waals surface area contributed by atoms with Gasteiger partial charge >= 0.3 is 6.18 Å². The fourth-order valence-electron chi connectivity index (χ4n) is 2.02. The number of hydrogen-bond acceptors (Lipinski definition) is 2. The van der Waals surface area contributed by atoms with E-state index < -0.39 is 12.7 Å². The summed E-state index contributed by atoms with van der Waals surface area (Å²) in [5.41, 5.74) is 2.37. The molecule has 0 aliphatic rings. The van der Waals surface area contributed by atoms with Crippen LogP contribution in [-0.4, -0.2) is 22.5 Å². The fraction of sp³-hybridized carbons (Fsp3) is 0.750. The summed E-state index contributed by atoms with van der Waals surface area (Å²) in [6.45, 7) is 6.11. The van der Waals surface area contributed by atoms with E-state index in [1.807, 2.05) is 20.8 Å². The minimum Gasteiger partial charge on any atom is -0.313 e. The van der Waals surface area contributed by atoms with Gasteiger partial charge in [-0.1, -0.05) is 20.8 Å². The zero-order valence-electron chi connectivity index (χ0n) is 11.1. The van der Waals surface area contributed by atoms with E-state index in [4.69, 9.17) is 0 Å². The first-order valence-corrected chi connectivity index (χ1v) is 6.27. The van der Waals surface area contributed by atoms with E-state index in [0.717, 1.165) is 22.5 Å². The molecule has 0 aliphatic carbocycles. The van der Waals surface area contributed by atoms with Crippen molar-refractivity contribution in [3.05, 3.63) is 17.0 Å². The highest BCUT2D eigenvalue weighted by Gasteiger charge is 2.30. The van der Waals surface area contributed by atoms with Gasteiger partial charge in [0.2, 0.25) is 0 Å². The van der Waals surface area contributed by atoms with E-state index in [1.165, 1.54) is 0 Å². The van der Waals surface area contributed by atoms with Crippen molar-refractivity contribution in [1.29, 1.82) is 0 Å². The number of rotatable bonds is 6. The highest BCUT2D eigenvalue weighted by molar-refractivity contribution is 5.26. The molecule has 1 N–H and O–H groups in total. The van der Waals surface area contributed by atoms with Crippen LogP contribution in [0.5, 0.6) is 0 Å². The molecule has 0 saturated carbocycles. The minimum atomic E-state index is -4.23. The molecule has 104 valence electrons. The average molecular weight is 263 g/mol. The Morgan fingerprint density at radius 1 is 1.17 bits per heavy atom. The molecule has 3 nitrogen and oxygen atoms in total. The Labute approximate surface area is 105 Å². The fourth-order valence-corrected chi connectivity index (χ4v) is 2.02. The third-order valence-corrected chi connectivity index (χ3v) is 2.80. The third-order valence-electron chi connectivity index (χ3n) is 2.80. The molecule has 0 atom stereocenters. The molecule has 1 aromatic heterocycles. The molecule has 0 radical (unpaired) electrons. The highest BCUT2D eigenvalue weighted by Crippen LogP contribution is 2.22. The van der Waals surface area contributed by atoms with Crippen molar-refractivity contribution in [2.24, 2.45) is 0 Å². The summed E-state index contributed by atoms with van der Waals surface area (Å²) >= 11 is 0. The molecule has 0 amide bonds. The molecule has 0 unspecified atom stereocenters. The van der Waals surface area contributed by atoms with Gasteiger partial charge in [0.05, 0.1) is 5.69 Å². The van der Waals surface area contributed by atoms with Crippen LogP contribution >= 0.6 is 0 Å². The molecular formula is C12H20F3N3. The Kier molecular flexibility index (Phi) is 5.19. The molecule has 1 rings (SSSR count). The predicted molar refractivity (Wildman–Crippen MR) is 64.4 cm³/mol. The Morgan fingerprint density at radius 2 is 1.83 bits per heavy atom. The van der Waals surface area contributed by atoms with E-state index in [2.05, 4.69) is 10.4 Å². The van der Waals surface area contributed by atoms with Gasteiger partial charge in [-0.05, 0) is 19.4 Å². The van der Waals surface area contributed by atoms with Crippen molar-refractivity contribution in [2.45, 2.75) is 52.9 Å². The first-order chi connectivity index (χ1) is 8.42. The standard InChI is InChI=1S/C12H20F3N3/c1-4-10-9(7-16-6-3)11(5-2)18(17-10)8-12(13,14)15/h16H,4-8H2,1-3H3. The number of nitrogens with one attached hydrogen (secondary N) is 1. The summed E-state index contributed by atoms with van der Waals surface area (Å²) in [6, 6.07) is 0. The Hall–Kier alpha value is -1.04. The second kappa shape index (κ2) is 6.22. The van der Waals surface area contributed by atoms with Gasteiger partial charge in [-0.15, -0.1) is 0 Å². The maximum Gasteiger partial charge on any atom is 0.408 e. The lowest BCUT2D eigenvalue weighted by Gasteiger charge is -2.10. The van der Waals surface area contributed by atoms with Crippen molar-refractivity contribution in [3.8, 4) is 0 Å². The highest BCUT2D eigenvalue weighted by atomic mass is 19.4. The van der Waals surface area contributed by atoms with Crippen molar-refractivity contribution >= 4 is 0 Å². The van der Waals surface area contributed by atoms with Crippen LogP contribution in [0.4, 0.5) is 13.2 Å². The van der Waals surface area contributed by atoms with E-state index in [1.54, 1.807) is 0 Å². The Bertz CT molecular complexity index is 383. The lowest BCUT2D eigenvalue weighted by atomic mass is 10.1. The van der Waals surface area contributed by atoms with Gasteiger partial charge < -0.3 is 5.32 Å². The van der Waals surface area contributed by atoms with Gasteiger partial charge in [0.1, 0.15) is 6.54 Å². The maximum atomic E-state index is 12.5. The largest absolute Gasteiger partial charge is 0.408 e.